The summed E-state index contributed by atoms with van der Waals surface area (Å²) >= 11 is 0. The minimum absolute atomic E-state index is 0.211. The van der Waals surface area contributed by atoms with Crippen LogP contribution in [0.3, 0.4) is 0 Å². The zero-order chi connectivity index (χ0) is 23.9. The Morgan fingerprint density at radius 2 is 1.79 bits per heavy atom. The number of aromatic nitrogens is 2. The van der Waals surface area contributed by atoms with Crippen LogP contribution in [-0.4, -0.2) is 27.1 Å². The van der Waals surface area contributed by atoms with Crippen molar-refractivity contribution in [1.82, 2.24) is 15.1 Å². The molecule has 0 radical (unpaired) electrons. The van der Waals surface area contributed by atoms with E-state index in [2.05, 4.69) is 10.4 Å². The first-order valence-corrected chi connectivity index (χ1v) is 11.2. The highest BCUT2D eigenvalue weighted by Crippen LogP contribution is 2.35. The second-order valence-electron chi connectivity index (χ2n) is 8.98. The normalized spacial score (nSPS) is 17.5. The molecule has 5 rings (SSSR count). The predicted octanol–water partition coefficient (Wildman–Crippen LogP) is 4.50. The number of benzene rings is 2. The van der Waals surface area contributed by atoms with Crippen molar-refractivity contribution in [2.24, 2.45) is 0 Å². The molecule has 34 heavy (non-hydrogen) atoms. The molecule has 7 nitrogen and oxygen atoms in total. The molecule has 3 heterocycles. The number of hydrogen-bond donors (Lipinski definition) is 1. The van der Waals surface area contributed by atoms with E-state index in [1.165, 1.54) is 0 Å². The number of amides is 2. The number of rotatable bonds is 5. The van der Waals surface area contributed by atoms with Crippen molar-refractivity contribution in [2.75, 3.05) is 4.90 Å². The van der Waals surface area contributed by atoms with Crippen LogP contribution in [0.2, 0.25) is 0 Å². The van der Waals surface area contributed by atoms with Crippen LogP contribution in [0.1, 0.15) is 34.1 Å². The summed E-state index contributed by atoms with van der Waals surface area (Å²) in [5.41, 5.74) is 3.49. The maximum absolute atomic E-state index is 13.9. The van der Waals surface area contributed by atoms with E-state index >= 15 is 0 Å². The van der Waals surface area contributed by atoms with Gasteiger partial charge in [-0.25, -0.2) is 0 Å². The number of nitrogens with zero attached hydrogens (tertiary/aromatic N) is 3. The molecule has 2 amide bonds. The Hall–Kier alpha value is -4.13. The summed E-state index contributed by atoms with van der Waals surface area (Å²) in [7, 11) is 0. The Kier molecular flexibility index (Phi) is 5.32. The van der Waals surface area contributed by atoms with Gasteiger partial charge >= 0.3 is 0 Å². The first-order chi connectivity index (χ1) is 16.3. The van der Waals surface area contributed by atoms with Gasteiger partial charge in [-0.3, -0.25) is 19.2 Å². The fourth-order valence-corrected chi connectivity index (χ4v) is 4.58. The molecule has 7 heteroatoms. The second-order valence-corrected chi connectivity index (χ2v) is 8.98. The van der Waals surface area contributed by atoms with Gasteiger partial charge in [-0.1, -0.05) is 36.4 Å². The van der Waals surface area contributed by atoms with Crippen LogP contribution in [0.4, 0.5) is 5.69 Å². The molecule has 0 bridgehead atoms. The summed E-state index contributed by atoms with van der Waals surface area (Å²) in [5.74, 6) is 0.0476. The molecule has 0 unspecified atom stereocenters. The van der Waals surface area contributed by atoms with Crippen LogP contribution >= 0.6 is 0 Å². The third kappa shape index (κ3) is 3.79. The quantitative estimate of drug-likeness (QED) is 0.482. The van der Waals surface area contributed by atoms with Crippen LogP contribution in [0.25, 0.3) is 11.5 Å². The molecule has 0 saturated carbocycles. The standard InChI is InChI=1S/C27H26N4O3/c1-18-12-19(2)14-21(13-18)31-25(32)23-15-22(24-10-7-11-34-24)29-30(23)17-27(31,3)26(33)28-16-20-8-5-4-6-9-20/h4-15H,16-17H2,1-3H3,(H,28,33)/t27-/m1/s1. The van der Waals surface area contributed by atoms with Crippen LogP contribution in [0.5, 0.6) is 0 Å². The molecular weight excluding hydrogens is 428 g/mol. The van der Waals surface area contributed by atoms with E-state index < -0.39 is 5.54 Å². The third-order valence-corrected chi connectivity index (χ3v) is 6.18. The van der Waals surface area contributed by atoms with Gasteiger partial charge in [-0.05, 0) is 61.7 Å². The summed E-state index contributed by atoms with van der Waals surface area (Å²) < 4.78 is 7.09. The van der Waals surface area contributed by atoms with Crippen LogP contribution in [-0.2, 0) is 17.9 Å². The molecule has 0 spiro atoms. The maximum atomic E-state index is 13.9. The fraction of sp³-hybridized carbons (Fsp3) is 0.222. The minimum atomic E-state index is -1.19. The average molecular weight is 455 g/mol. The lowest BCUT2D eigenvalue weighted by molar-refractivity contribution is -0.126. The largest absolute Gasteiger partial charge is 0.463 e. The molecule has 1 N–H and O–H groups in total. The molecule has 0 saturated heterocycles. The van der Waals surface area contributed by atoms with E-state index in [0.717, 1.165) is 16.7 Å². The van der Waals surface area contributed by atoms with E-state index in [9.17, 15) is 9.59 Å². The molecule has 0 aliphatic carbocycles. The van der Waals surface area contributed by atoms with E-state index in [1.54, 1.807) is 41.0 Å². The summed E-state index contributed by atoms with van der Waals surface area (Å²) in [6.45, 7) is 6.34. The Labute approximate surface area is 198 Å². The molecule has 2 aromatic carbocycles. The van der Waals surface area contributed by atoms with Gasteiger partial charge in [0.05, 0.1) is 12.8 Å². The lowest BCUT2D eigenvalue weighted by atomic mass is 9.93. The molecule has 4 aromatic rings. The van der Waals surface area contributed by atoms with Gasteiger partial charge in [-0.15, -0.1) is 0 Å². The minimum Gasteiger partial charge on any atom is -0.463 e. The first kappa shape index (κ1) is 21.7. The number of anilines is 1. The van der Waals surface area contributed by atoms with E-state index in [4.69, 9.17) is 4.42 Å². The van der Waals surface area contributed by atoms with Gasteiger partial charge in [0.2, 0.25) is 5.91 Å². The highest BCUT2D eigenvalue weighted by Gasteiger charge is 2.49. The van der Waals surface area contributed by atoms with E-state index in [1.807, 2.05) is 62.4 Å². The van der Waals surface area contributed by atoms with Crippen molar-refractivity contribution in [2.45, 2.75) is 39.4 Å². The fourth-order valence-electron chi connectivity index (χ4n) is 4.58. The topological polar surface area (TPSA) is 80.4 Å². The highest BCUT2D eigenvalue weighted by molar-refractivity contribution is 6.12. The van der Waals surface area contributed by atoms with E-state index in [0.29, 0.717) is 29.4 Å². The van der Waals surface area contributed by atoms with Crippen molar-refractivity contribution < 1.29 is 14.0 Å². The molecule has 0 fully saturated rings. The summed E-state index contributed by atoms with van der Waals surface area (Å²) in [5, 5.41) is 7.63. The zero-order valence-corrected chi connectivity index (χ0v) is 19.4. The zero-order valence-electron chi connectivity index (χ0n) is 19.4. The first-order valence-electron chi connectivity index (χ1n) is 11.2. The predicted molar refractivity (Wildman–Crippen MR) is 129 cm³/mol. The number of fused-ring (bicyclic) bond motifs is 1. The lowest BCUT2D eigenvalue weighted by Crippen LogP contribution is -2.64. The second kappa shape index (κ2) is 8.33. The maximum Gasteiger partial charge on any atom is 0.277 e. The lowest BCUT2D eigenvalue weighted by Gasteiger charge is -2.43. The highest BCUT2D eigenvalue weighted by atomic mass is 16.3. The third-order valence-electron chi connectivity index (χ3n) is 6.18. The number of hydrogen-bond acceptors (Lipinski definition) is 4. The number of carbonyl (C=O) groups is 2. The van der Waals surface area contributed by atoms with Crippen LogP contribution < -0.4 is 10.2 Å². The molecule has 1 aliphatic heterocycles. The number of nitrogens with one attached hydrogen (secondary N) is 1. The van der Waals surface area contributed by atoms with Crippen LogP contribution in [0, 0.1) is 13.8 Å². The van der Waals surface area contributed by atoms with Gasteiger partial charge in [-0.2, -0.15) is 5.10 Å². The Balaban J connectivity index is 1.57. The number of carbonyl (C=O) groups excluding carboxylic acids is 2. The summed E-state index contributed by atoms with van der Waals surface area (Å²) in [6, 6.07) is 20.9. The van der Waals surface area contributed by atoms with Crippen molar-refractivity contribution in [3.63, 3.8) is 0 Å². The van der Waals surface area contributed by atoms with Gasteiger partial charge in [0.25, 0.3) is 5.91 Å². The van der Waals surface area contributed by atoms with Crippen LogP contribution in [0.15, 0.2) is 77.4 Å². The van der Waals surface area contributed by atoms with Crippen molar-refractivity contribution >= 4 is 17.5 Å². The van der Waals surface area contributed by atoms with Gasteiger partial charge in [0, 0.05) is 18.3 Å². The molecule has 172 valence electrons. The van der Waals surface area contributed by atoms with Gasteiger partial charge in [0.15, 0.2) is 5.76 Å². The Morgan fingerprint density at radius 3 is 2.47 bits per heavy atom. The number of furan rings is 1. The average Bonchev–Trinajstić information content (AvgIpc) is 3.47. The summed E-state index contributed by atoms with van der Waals surface area (Å²) in [6.07, 6.45) is 1.57. The Morgan fingerprint density at radius 1 is 1.06 bits per heavy atom. The van der Waals surface area contributed by atoms with Gasteiger partial charge in [0.1, 0.15) is 16.9 Å². The van der Waals surface area contributed by atoms with Gasteiger partial charge < -0.3 is 9.73 Å². The molecule has 2 aromatic heterocycles. The van der Waals surface area contributed by atoms with Crippen molar-refractivity contribution in [3.8, 4) is 11.5 Å². The summed E-state index contributed by atoms with van der Waals surface area (Å²) in [4.78, 5) is 29.2. The number of aryl methyl sites for hydroxylation is 2. The monoisotopic (exact) mass is 454 g/mol. The Bertz CT molecular complexity index is 1340. The molecule has 1 aliphatic rings. The van der Waals surface area contributed by atoms with E-state index in [-0.39, 0.29) is 18.4 Å². The van der Waals surface area contributed by atoms with Crippen molar-refractivity contribution in [3.05, 3.63) is 95.4 Å². The smallest absolute Gasteiger partial charge is 0.277 e. The van der Waals surface area contributed by atoms with Crippen molar-refractivity contribution in [1.29, 1.82) is 0 Å². The molecular formula is C27H26N4O3. The molecule has 1 atom stereocenters. The SMILES string of the molecule is Cc1cc(C)cc(N2C(=O)c3cc(-c4ccco4)nn3C[C@]2(C)C(=O)NCc2ccccc2)c1.